The summed E-state index contributed by atoms with van der Waals surface area (Å²) in [6, 6.07) is 94.0. The van der Waals surface area contributed by atoms with Crippen LogP contribution in [0.3, 0.4) is 0 Å². The van der Waals surface area contributed by atoms with E-state index in [9.17, 15) is 0 Å². The standard InChI is InChI=1S/C67H42N2O/c1-3-20-43(21-4-1)68(63-36-19-32-54-48-26-9-8-25-47(48)52-30-13-17-35-62(52)69(66(54)63)44-22-5-2-6-23-44)45-38-39-60-55(40-45)49-27-10-7-24-46(49)50-28-11-15-33-58(50)67(60)59-34-16-12-29-51(59)56-41-57-53-31-14-18-37-64(53)70-65(57)42-61(56)67/h1-42H. The first-order valence-corrected chi connectivity index (χ1v) is 24.2. The molecule has 70 heavy (non-hydrogen) atoms. The van der Waals surface area contributed by atoms with Crippen LogP contribution in [0.15, 0.2) is 259 Å². The first-order chi connectivity index (χ1) is 34.8. The van der Waals surface area contributed by atoms with Crippen LogP contribution < -0.4 is 9.80 Å². The number of nitrogens with zero attached hydrogens (tertiary/aromatic N) is 2. The fourth-order valence-corrected chi connectivity index (χ4v) is 12.4. The third-order valence-electron chi connectivity index (χ3n) is 15.2. The summed E-state index contributed by atoms with van der Waals surface area (Å²) in [7, 11) is 0. The summed E-state index contributed by atoms with van der Waals surface area (Å²) in [6.45, 7) is 0. The van der Waals surface area contributed by atoms with Crippen LogP contribution in [-0.2, 0) is 5.41 Å². The predicted molar refractivity (Wildman–Crippen MR) is 289 cm³/mol. The van der Waals surface area contributed by atoms with E-state index in [0.717, 1.165) is 56.1 Å². The maximum atomic E-state index is 6.76. The zero-order chi connectivity index (χ0) is 45.9. The molecule has 3 aliphatic rings. The zero-order valence-corrected chi connectivity index (χ0v) is 38.1. The number of hydrogen-bond acceptors (Lipinski definition) is 3. The van der Waals surface area contributed by atoms with Gasteiger partial charge in [0.15, 0.2) is 0 Å². The molecule has 15 rings (SSSR count). The molecule has 326 valence electrons. The highest BCUT2D eigenvalue weighted by Gasteiger charge is 2.50. The molecule has 0 amide bonds. The van der Waals surface area contributed by atoms with Crippen molar-refractivity contribution in [3.05, 3.63) is 277 Å². The van der Waals surface area contributed by atoms with Crippen molar-refractivity contribution in [3.8, 4) is 55.6 Å². The summed E-state index contributed by atoms with van der Waals surface area (Å²) in [5, 5.41) is 2.27. The molecule has 1 spiro atoms. The molecule has 0 saturated carbocycles. The first kappa shape index (κ1) is 38.9. The molecule has 1 atom stereocenters. The highest BCUT2D eigenvalue weighted by molar-refractivity contribution is 6.10. The summed E-state index contributed by atoms with van der Waals surface area (Å²) >= 11 is 0. The lowest BCUT2D eigenvalue weighted by atomic mass is 9.66. The van der Waals surface area contributed by atoms with Gasteiger partial charge in [0, 0.05) is 39.0 Å². The average Bonchev–Trinajstić information content (AvgIpc) is 3.85. The summed E-state index contributed by atoms with van der Waals surface area (Å²) < 4.78 is 6.76. The quantitative estimate of drug-likeness (QED) is 0.176. The van der Waals surface area contributed by atoms with Crippen LogP contribution in [0.4, 0.5) is 34.1 Å². The van der Waals surface area contributed by atoms with Gasteiger partial charge in [-0.25, -0.2) is 0 Å². The third-order valence-corrected chi connectivity index (χ3v) is 15.2. The van der Waals surface area contributed by atoms with Crippen LogP contribution in [0.1, 0.15) is 22.3 Å². The van der Waals surface area contributed by atoms with Crippen LogP contribution in [0, 0.1) is 0 Å². The second-order valence-corrected chi connectivity index (χ2v) is 18.7. The van der Waals surface area contributed by atoms with E-state index in [-0.39, 0.29) is 0 Å². The fraction of sp³-hybridized carbons (Fsp3) is 0.0149. The molecule has 12 aromatic rings. The smallest absolute Gasteiger partial charge is 0.135 e. The number of para-hydroxylation sites is 5. The van der Waals surface area contributed by atoms with Crippen molar-refractivity contribution in [2.24, 2.45) is 0 Å². The minimum absolute atomic E-state index is 0.679. The van der Waals surface area contributed by atoms with Crippen molar-refractivity contribution >= 4 is 56.1 Å². The topological polar surface area (TPSA) is 19.6 Å². The maximum Gasteiger partial charge on any atom is 0.135 e. The second kappa shape index (κ2) is 14.9. The molecular formula is C67H42N2O. The van der Waals surface area contributed by atoms with Gasteiger partial charge < -0.3 is 14.2 Å². The largest absolute Gasteiger partial charge is 0.456 e. The van der Waals surface area contributed by atoms with Gasteiger partial charge in [0.1, 0.15) is 11.2 Å². The van der Waals surface area contributed by atoms with Gasteiger partial charge in [-0.15, -0.1) is 0 Å². The number of furan rings is 1. The Kier molecular flexibility index (Phi) is 8.28. The van der Waals surface area contributed by atoms with Crippen LogP contribution in [-0.4, -0.2) is 0 Å². The predicted octanol–water partition coefficient (Wildman–Crippen LogP) is 18.2. The van der Waals surface area contributed by atoms with E-state index < -0.39 is 5.41 Å². The zero-order valence-electron chi connectivity index (χ0n) is 38.1. The normalized spacial score (nSPS) is 14.6. The minimum Gasteiger partial charge on any atom is -0.456 e. The number of rotatable bonds is 4. The summed E-state index contributed by atoms with van der Waals surface area (Å²) in [5.41, 5.74) is 24.8. The van der Waals surface area contributed by atoms with Gasteiger partial charge in [-0.3, -0.25) is 0 Å². The lowest BCUT2D eigenvalue weighted by Gasteiger charge is -2.37. The van der Waals surface area contributed by atoms with Gasteiger partial charge in [0.2, 0.25) is 0 Å². The molecular weight excluding hydrogens is 849 g/mol. The minimum atomic E-state index is -0.679. The van der Waals surface area contributed by atoms with Crippen LogP contribution >= 0.6 is 0 Å². The maximum absolute atomic E-state index is 6.76. The van der Waals surface area contributed by atoms with Crippen molar-refractivity contribution < 1.29 is 4.42 Å². The van der Waals surface area contributed by atoms with Gasteiger partial charge in [-0.05, 0) is 133 Å². The van der Waals surface area contributed by atoms with E-state index >= 15 is 0 Å². The van der Waals surface area contributed by atoms with Crippen LogP contribution in [0.5, 0.6) is 0 Å². The summed E-state index contributed by atoms with van der Waals surface area (Å²) in [4.78, 5) is 4.96. The second-order valence-electron chi connectivity index (χ2n) is 18.7. The fourth-order valence-electron chi connectivity index (χ4n) is 12.4. The number of anilines is 6. The molecule has 3 heteroatoms. The number of fused-ring (bicyclic) bond motifs is 20. The van der Waals surface area contributed by atoms with Gasteiger partial charge in [-0.1, -0.05) is 188 Å². The Balaban J connectivity index is 1.05. The van der Waals surface area contributed by atoms with Crippen molar-refractivity contribution in [2.75, 3.05) is 9.80 Å². The number of hydrogen-bond donors (Lipinski definition) is 0. The molecule has 0 bridgehead atoms. The average molecular weight is 891 g/mol. The van der Waals surface area contributed by atoms with Crippen molar-refractivity contribution in [2.45, 2.75) is 5.41 Å². The Bertz CT molecular complexity index is 4090. The van der Waals surface area contributed by atoms with E-state index in [1.165, 1.54) is 77.9 Å². The molecule has 3 nitrogen and oxygen atoms in total. The van der Waals surface area contributed by atoms with E-state index in [1.807, 2.05) is 0 Å². The third kappa shape index (κ3) is 5.34. The Morgan fingerprint density at radius 1 is 0.314 bits per heavy atom. The molecule has 1 aliphatic heterocycles. The van der Waals surface area contributed by atoms with E-state index in [0.29, 0.717) is 0 Å². The molecule has 0 N–H and O–H groups in total. The Hall–Kier alpha value is -9.18. The summed E-state index contributed by atoms with van der Waals surface area (Å²) in [5.74, 6) is 0. The highest BCUT2D eigenvalue weighted by Crippen LogP contribution is 2.63. The van der Waals surface area contributed by atoms with Crippen LogP contribution in [0.25, 0.3) is 77.6 Å². The first-order valence-electron chi connectivity index (χ1n) is 24.2. The van der Waals surface area contributed by atoms with Gasteiger partial charge in [-0.2, -0.15) is 0 Å². The van der Waals surface area contributed by atoms with Gasteiger partial charge >= 0.3 is 0 Å². The van der Waals surface area contributed by atoms with Crippen LogP contribution in [0.2, 0.25) is 0 Å². The van der Waals surface area contributed by atoms with E-state index in [1.54, 1.807) is 0 Å². The lowest BCUT2D eigenvalue weighted by molar-refractivity contribution is 0.666. The van der Waals surface area contributed by atoms with Gasteiger partial charge in [0.25, 0.3) is 0 Å². The summed E-state index contributed by atoms with van der Waals surface area (Å²) in [6.07, 6.45) is 0. The van der Waals surface area contributed by atoms with Gasteiger partial charge in [0.05, 0.1) is 22.5 Å². The van der Waals surface area contributed by atoms with Crippen molar-refractivity contribution in [3.63, 3.8) is 0 Å². The van der Waals surface area contributed by atoms with E-state index in [4.69, 9.17) is 4.42 Å². The number of benzene rings is 11. The molecule has 1 unspecified atom stereocenters. The Morgan fingerprint density at radius 2 is 0.843 bits per heavy atom. The Labute approximate surface area is 406 Å². The molecule has 0 saturated heterocycles. The molecule has 11 aromatic carbocycles. The molecule has 1 aromatic heterocycles. The molecule has 2 aliphatic carbocycles. The SMILES string of the molecule is c1ccc(N(c2ccc3c(c2)-c2ccccc2-c2ccccc2C32c3ccccc3-c3cc4c(cc32)oc2ccccc24)c2cccc3c2N(c2ccccc2)c2ccccc2-c2ccccc2-3)cc1. The Morgan fingerprint density at radius 3 is 1.59 bits per heavy atom. The monoisotopic (exact) mass is 890 g/mol. The van der Waals surface area contributed by atoms with Crippen molar-refractivity contribution in [1.82, 2.24) is 0 Å². The molecule has 2 heterocycles. The lowest BCUT2D eigenvalue weighted by Crippen LogP contribution is -2.29. The van der Waals surface area contributed by atoms with E-state index in [2.05, 4.69) is 265 Å². The highest BCUT2D eigenvalue weighted by atomic mass is 16.3. The molecule has 0 radical (unpaired) electrons. The van der Waals surface area contributed by atoms with Crippen molar-refractivity contribution in [1.29, 1.82) is 0 Å². The molecule has 0 fully saturated rings.